The number of aliphatic hydroxyl groups is 1. The molecule has 5 nitrogen and oxygen atoms in total. The summed E-state index contributed by atoms with van der Waals surface area (Å²) in [5, 5.41) is 16.2. The van der Waals surface area contributed by atoms with Crippen LogP contribution in [-0.4, -0.2) is 40.3 Å². The van der Waals surface area contributed by atoms with E-state index in [0.717, 1.165) is 45.2 Å². The lowest BCUT2D eigenvalue weighted by atomic mass is 9.93. The summed E-state index contributed by atoms with van der Waals surface area (Å²) in [4.78, 5) is 8.45. The summed E-state index contributed by atoms with van der Waals surface area (Å²) in [5.41, 5.74) is 0.510. The van der Waals surface area contributed by atoms with Gasteiger partial charge in [-0.2, -0.15) is 0 Å². The Kier molecular flexibility index (Phi) is 4.65. The SMILES string of the molecule is O[C@@H]1CCC[C@H](Nc2ncc(F)c(C3CCCNC3)n2)C1. The average Bonchev–Trinajstić information content (AvgIpc) is 2.50. The second kappa shape index (κ2) is 6.66. The Bertz CT molecular complexity index is 479. The van der Waals surface area contributed by atoms with Crippen molar-refractivity contribution in [3.05, 3.63) is 17.7 Å². The number of hydrogen-bond acceptors (Lipinski definition) is 5. The number of piperidine rings is 1. The number of nitrogens with zero attached hydrogens (tertiary/aromatic N) is 2. The third-order valence-corrected chi connectivity index (χ3v) is 4.43. The monoisotopic (exact) mass is 294 g/mol. The largest absolute Gasteiger partial charge is 0.393 e. The first-order chi connectivity index (χ1) is 10.2. The molecule has 2 fully saturated rings. The fourth-order valence-electron chi connectivity index (χ4n) is 3.30. The molecular weight excluding hydrogens is 271 g/mol. The van der Waals surface area contributed by atoms with E-state index in [2.05, 4.69) is 20.6 Å². The van der Waals surface area contributed by atoms with Gasteiger partial charge in [-0.15, -0.1) is 0 Å². The molecule has 0 aromatic carbocycles. The first-order valence-electron chi connectivity index (χ1n) is 7.90. The third-order valence-electron chi connectivity index (χ3n) is 4.43. The van der Waals surface area contributed by atoms with Crippen LogP contribution >= 0.6 is 0 Å². The molecule has 3 N–H and O–H groups in total. The number of aromatic nitrogens is 2. The highest BCUT2D eigenvalue weighted by atomic mass is 19.1. The van der Waals surface area contributed by atoms with Crippen LogP contribution in [0, 0.1) is 5.82 Å². The van der Waals surface area contributed by atoms with Crippen molar-refractivity contribution in [2.24, 2.45) is 0 Å². The molecule has 1 aliphatic heterocycles. The van der Waals surface area contributed by atoms with Gasteiger partial charge >= 0.3 is 0 Å². The molecule has 2 heterocycles. The lowest BCUT2D eigenvalue weighted by Crippen LogP contribution is -2.32. The van der Waals surface area contributed by atoms with Crippen molar-refractivity contribution >= 4 is 5.95 Å². The third kappa shape index (κ3) is 3.68. The van der Waals surface area contributed by atoms with E-state index in [1.54, 1.807) is 0 Å². The maximum atomic E-state index is 14.0. The van der Waals surface area contributed by atoms with Crippen LogP contribution in [0.5, 0.6) is 0 Å². The highest BCUT2D eigenvalue weighted by molar-refractivity contribution is 5.29. The minimum Gasteiger partial charge on any atom is -0.393 e. The molecule has 21 heavy (non-hydrogen) atoms. The summed E-state index contributed by atoms with van der Waals surface area (Å²) in [7, 11) is 0. The summed E-state index contributed by atoms with van der Waals surface area (Å²) in [6.45, 7) is 1.77. The van der Waals surface area contributed by atoms with Crippen molar-refractivity contribution in [3.63, 3.8) is 0 Å². The lowest BCUT2D eigenvalue weighted by molar-refractivity contribution is 0.124. The standard InChI is InChI=1S/C15H23FN4O/c16-13-9-18-15(19-11-4-1-5-12(21)7-11)20-14(13)10-3-2-6-17-8-10/h9-12,17,21H,1-8H2,(H,18,19,20)/t10?,11-,12+/m0/s1. The van der Waals surface area contributed by atoms with Gasteiger partial charge in [0.05, 0.1) is 18.0 Å². The summed E-state index contributed by atoms with van der Waals surface area (Å²) < 4.78 is 14.0. The van der Waals surface area contributed by atoms with Gasteiger partial charge in [-0.25, -0.2) is 14.4 Å². The lowest BCUT2D eigenvalue weighted by Gasteiger charge is -2.27. The maximum absolute atomic E-state index is 14.0. The second-order valence-corrected chi connectivity index (χ2v) is 6.13. The molecule has 1 saturated heterocycles. The molecule has 1 aromatic rings. The van der Waals surface area contributed by atoms with Gasteiger partial charge in [0.2, 0.25) is 5.95 Å². The minimum absolute atomic E-state index is 0.124. The molecule has 0 amide bonds. The zero-order valence-electron chi connectivity index (χ0n) is 12.2. The zero-order valence-corrected chi connectivity index (χ0v) is 12.2. The topological polar surface area (TPSA) is 70.1 Å². The highest BCUT2D eigenvalue weighted by Crippen LogP contribution is 2.25. The first-order valence-corrected chi connectivity index (χ1v) is 7.90. The molecule has 0 bridgehead atoms. The van der Waals surface area contributed by atoms with Gasteiger partial charge in [-0.1, -0.05) is 0 Å². The number of aliphatic hydroxyl groups excluding tert-OH is 1. The van der Waals surface area contributed by atoms with Gasteiger partial charge < -0.3 is 15.7 Å². The van der Waals surface area contributed by atoms with Gasteiger partial charge in [-0.05, 0) is 45.1 Å². The number of nitrogens with one attached hydrogen (secondary N) is 2. The molecule has 1 aromatic heterocycles. The molecule has 3 rings (SSSR count). The molecule has 0 radical (unpaired) electrons. The van der Waals surface area contributed by atoms with Gasteiger partial charge in [0.25, 0.3) is 0 Å². The number of halogens is 1. The van der Waals surface area contributed by atoms with Gasteiger partial charge in [0, 0.05) is 18.5 Å². The summed E-state index contributed by atoms with van der Waals surface area (Å²) >= 11 is 0. The van der Waals surface area contributed by atoms with Crippen LogP contribution in [0.15, 0.2) is 6.20 Å². The second-order valence-electron chi connectivity index (χ2n) is 6.13. The summed E-state index contributed by atoms with van der Waals surface area (Å²) in [6.07, 6.45) is 6.59. The van der Waals surface area contributed by atoms with E-state index < -0.39 is 0 Å². The van der Waals surface area contributed by atoms with Crippen LogP contribution in [0.3, 0.4) is 0 Å². The van der Waals surface area contributed by atoms with E-state index in [9.17, 15) is 9.50 Å². The quantitative estimate of drug-likeness (QED) is 0.793. The van der Waals surface area contributed by atoms with E-state index in [1.165, 1.54) is 6.20 Å². The van der Waals surface area contributed by atoms with Gasteiger partial charge in [0.1, 0.15) is 0 Å². The van der Waals surface area contributed by atoms with Crippen molar-refractivity contribution < 1.29 is 9.50 Å². The molecule has 6 heteroatoms. The Morgan fingerprint density at radius 2 is 2.19 bits per heavy atom. The number of anilines is 1. The Morgan fingerprint density at radius 3 is 2.95 bits per heavy atom. The van der Waals surface area contributed by atoms with Crippen molar-refractivity contribution in [2.45, 2.75) is 56.6 Å². The van der Waals surface area contributed by atoms with E-state index in [-0.39, 0.29) is 23.9 Å². The smallest absolute Gasteiger partial charge is 0.223 e. The van der Waals surface area contributed by atoms with Gasteiger partial charge in [-0.3, -0.25) is 0 Å². The fraction of sp³-hybridized carbons (Fsp3) is 0.733. The van der Waals surface area contributed by atoms with Crippen molar-refractivity contribution in [1.82, 2.24) is 15.3 Å². The highest BCUT2D eigenvalue weighted by Gasteiger charge is 2.23. The fourth-order valence-corrected chi connectivity index (χ4v) is 3.30. The molecule has 1 unspecified atom stereocenters. The zero-order chi connectivity index (χ0) is 14.7. The number of rotatable bonds is 3. The normalized spacial score (nSPS) is 30.1. The van der Waals surface area contributed by atoms with E-state index in [4.69, 9.17) is 0 Å². The Balaban J connectivity index is 1.70. The molecule has 0 spiro atoms. The van der Waals surface area contributed by atoms with Crippen LogP contribution in [0.4, 0.5) is 10.3 Å². The molecule has 3 atom stereocenters. The van der Waals surface area contributed by atoms with Gasteiger partial charge in [0.15, 0.2) is 5.82 Å². The predicted octanol–water partition coefficient (Wildman–Crippen LogP) is 1.80. The van der Waals surface area contributed by atoms with Crippen LogP contribution in [0.2, 0.25) is 0 Å². The number of hydrogen-bond donors (Lipinski definition) is 3. The Hall–Kier alpha value is -1.27. The summed E-state index contributed by atoms with van der Waals surface area (Å²) in [6, 6.07) is 0.177. The van der Waals surface area contributed by atoms with Crippen molar-refractivity contribution in [1.29, 1.82) is 0 Å². The van der Waals surface area contributed by atoms with E-state index in [0.29, 0.717) is 18.1 Å². The molecule has 1 saturated carbocycles. The van der Waals surface area contributed by atoms with E-state index in [1.807, 2.05) is 0 Å². The average molecular weight is 294 g/mol. The van der Waals surface area contributed by atoms with Crippen LogP contribution in [-0.2, 0) is 0 Å². The van der Waals surface area contributed by atoms with Crippen molar-refractivity contribution in [2.75, 3.05) is 18.4 Å². The maximum Gasteiger partial charge on any atom is 0.223 e. The van der Waals surface area contributed by atoms with E-state index >= 15 is 0 Å². The first kappa shape index (κ1) is 14.7. The Labute approximate surface area is 124 Å². The molecule has 116 valence electrons. The van der Waals surface area contributed by atoms with Crippen molar-refractivity contribution in [3.8, 4) is 0 Å². The summed E-state index contributed by atoms with van der Waals surface area (Å²) in [5.74, 6) is 0.285. The Morgan fingerprint density at radius 1 is 1.29 bits per heavy atom. The van der Waals surface area contributed by atoms with Crippen LogP contribution in [0.25, 0.3) is 0 Å². The van der Waals surface area contributed by atoms with Crippen LogP contribution < -0.4 is 10.6 Å². The van der Waals surface area contributed by atoms with Crippen LogP contribution in [0.1, 0.15) is 50.1 Å². The molecule has 2 aliphatic rings. The molecular formula is C15H23FN4O. The predicted molar refractivity (Wildman–Crippen MR) is 78.7 cm³/mol. The molecule has 1 aliphatic carbocycles. The minimum atomic E-state index is -0.321.